The minimum absolute atomic E-state index is 0. The maximum atomic E-state index is 5.59. The van der Waals surface area contributed by atoms with Gasteiger partial charge in [0.15, 0.2) is 5.96 Å². The number of guanidine groups is 1. The first kappa shape index (κ1) is 25.9. The monoisotopic (exact) mass is 493 g/mol. The molecule has 27 heavy (non-hydrogen) atoms. The number of aliphatic imine (C=N–C) groups is 1. The molecule has 0 aliphatic rings. The van der Waals surface area contributed by atoms with Crippen molar-refractivity contribution in [3.05, 3.63) is 29.8 Å². The second kappa shape index (κ2) is 14.0. The molecule has 2 N–H and O–H groups in total. The second-order valence-electron chi connectivity index (χ2n) is 7.15. The van der Waals surface area contributed by atoms with E-state index in [2.05, 4.69) is 43.3 Å². The smallest absolute Gasteiger partial charge is 0.191 e. The van der Waals surface area contributed by atoms with Crippen LogP contribution in [0.2, 0.25) is 0 Å². The zero-order valence-corrected chi connectivity index (χ0v) is 19.8. The molecule has 156 valence electrons. The van der Waals surface area contributed by atoms with E-state index in [9.17, 15) is 0 Å². The lowest BCUT2D eigenvalue weighted by atomic mass is 9.89. The third-order valence-corrected chi connectivity index (χ3v) is 3.95. The predicted octanol–water partition coefficient (Wildman–Crippen LogP) is 3.45. The first-order valence-corrected chi connectivity index (χ1v) is 9.16. The predicted molar refractivity (Wildman–Crippen MR) is 122 cm³/mol. The van der Waals surface area contributed by atoms with Crippen molar-refractivity contribution in [3.8, 4) is 5.75 Å². The van der Waals surface area contributed by atoms with Gasteiger partial charge in [0.2, 0.25) is 0 Å². The van der Waals surface area contributed by atoms with E-state index in [4.69, 9.17) is 14.2 Å². The molecule has 0 spiro atoms. The number of nitrogens with one attached hydrogen (secondary N) is 2. The van der Waals surface area contributed by atoms with Crippen LogP contribution in [0.4, 0.5) is 0 Å². The van der Waals surface area contributed by atoms with E-state index in [1.54, 1.807) is 14.2 Å². The van der Waals surface area contributed by atoms with E-state index < -0.39 is 0 Å². The molecule has 0 fully saturated rings. The van der Waals surface area contributed by atoms with Crippen molar-refractivity contribution >= 4 is 29.9 Å². The SMILES string of the molecule is CCNC(=NCc1ccc(OCCOC)cc1)NCC(OC)C(C)(C)C.I. The Hall–Kier alpha value is -1.06. The van der Waals surface area contributed by atoms with E-state index in [1.807, 2.05) is 24.3 Å². The van der Waals surface area contributed by atoms with Crippen LogP contribution >= 0.6 is 24.0 Å². The lowest BCUT2D eigenvalue weighted by Crippen LogP contribution is -2.45. The Balaban J connectivity index is 0.00000676. The summed E-state index contributed by atoms with van der Waals surface area (Å²) in [7, 11) is 3.41. The molecule has 1 rings (SSSR count). The summed E-state index contributed by atoms with van der Waals surface area (Å²) in [6, 6.07) is 7.98. The van der Waals surface area contributed by atoms with Crippen molar-refractivity contribution in [2.24, 2.45) is 10.4 Å². The summed E-state index contributed by atoms with van der Waals surface area (Å²) < 4.78 is 16.1. The van der Waals surface area contributed by atoms with Crippen LogP contribution in [0.3, 0.4) is 0 Å². The molecule has 1 atom stereocenters. The van der Waals surface area contributed by atoms with Crippen molar-refractivity contribution in [2.75, 3.05) is 40.5 Å². The zero-order chi connectivity index (χ0) is 19.4. The quantitative estimate of drug-likeness (QED) is 0.226. The first-order chi connectivity index (χ1) is 12.4. The van der Waals surface area contributed by atoms with Gasteiger partial charge in [-0.2, -0.15) is 0 Å². The maximum absolute atomic E-state index is 5.59. The maximum Gasteiger partial charge on any atom is 0.191 e. The van der Waals surface area contributed by atoms with Crippen LogP contribution < -0.4 is 15.4 Å². The Morgan fingerprint density at radius 3 is 2.26 bits per heavy atom. The van der Waals surface area contributed by atoms with Crippen LogP contribution in [0.15, 0.2) is 29.3 Å². The number of hydrogen-bond acceptors (Lipinski definition) is 4. The average molecular weight is 493 g/mol. The molecule has 1 unspecified atom stereocenters. The summed E-state index contributed by atoms with van der Waals surface area (Å²) in [6.45, 7) is 11.8. The minimum atomic E-state index is 0. The molecular weight excluding hydrogens is 457 g/mol. The van der Waals surface area contributed by atoms with Crippen molar-refractivity contribution in [1.82, 2.24) is 10.6 Å². The number of rotatable bonds is 10. The van der Waals surface area contributed by atoms with Gasteiger partial charge in [-0.3, -0.25) is 0 Å². The molecule has 1 aromatic carbocycles. The highest BCUT2D eigenvalue weighted by atomic mass is 127. The molecule has 0 amide bonds. The second-order valence-corrected chi connectivity index (χ2v) is 7.15. The Morgan fingerprint density at radius 1 is 1.07 bits per heavy atom. The van der Waals surface area contributed by atoms with Gasteiger partial charge in [-0.25, -0.2) is 4.99 Å². The Bertz CT molecular complexity index is 530. The molecule has 6 nitrogen and oxygen atoms in total. The molecule has 0 aliphatic heterocycles. The zero-order valence-electron chi connectivity index (χ0n) is 17.5. The fourth-order valence-corrected chi connectivity index (χ4v) is 2.38. The molecule has 0 saturated heterocycles. The molecule has 0 aromatic heterocycles. The van der Waals surface area contributed by atoms with Crippen LogP contribution in [0.25, 0.3) is 0 Å². The van der Waals surface area contributed by atoms with Gasteiger partial charge in [0.1, 0.15) is 12.4 Å². The minimum Gasteiger partial charge on any atom is -0.491 e. The van der Waals surface area contributed by atoms with Crippen molar-refractivity contribution in [3.63, 3.8) is 0 Å². The van der Waals surface area contributed by atoms with E-state index in [0.29, 0.717) is 26.3 Å². The highest BCUT2D eigenvalue weighted by Gasteiger charge is 2.24. The van der Waals surface area contributed by atoms with Gasteiger partial charge >= 0.3 is 0 Å². The third kappa shape index (κ3) is 10.8. The van der Waals surface area contributed by atoms with E-state index in [0.717, 1.165) is 23.8 Å². The fourth-order valence-electron chi connectivity index (χ4n) is 2.38. The lowest BCUT2D eigenvalue weighted by Gasteiger charge is -2.30. The molecule has 7 heteroatoms. The molecule has 0 saturated carbocycles. The van der Waals surface area contributed by atoms with Gasteiger partial charge in [0, 0.05) is 27.3 Å². The van der Waals surface area contributed by atoms with E-state index >= 15 is 0 Å². The van der Waals surface area contributed by atoms with Gasteiger partial charge in [-0.05, 0) is 30.0 Å². The van der Waals surface area contributed by atoms with Crippen LogP contribution in [0.1, 0.15) is 33.3 Å². The third-order valence-electron chi connectivity index (χ3n) is 3.95. The largest absolute Gasteiger partial charge is 0.491 e. The number of hydrogen-bond donors (Lipinski definition) is 2. The van der Waals surface area contributed by atoms with Crippen molar-refractivity contribution in [1.29, 1.82) is 0 Å². The molecule has 1 aromatic rings. The van der Waals surface area contributed by atoms with Crippen LogP contribution in [0, 0.1) is 5.41 Å². The lowest BCUT2D eigenvalue weighted by molar-refractivity contribution is 0.0205. The summed E-state index contributed by atoms with van der Waals surface area (Å²) in [5.41, 5.74) is 1.19. The first-order valence-electron chi connectivity index (χ1n) is 9.16. The number of ether oxygens (including phenoxy) is 3. The molecule has 0 bridgehead atoms. The van der Waals surface area contributed by atoms with Crippen molar-refractivity contribution in [2.45, 2.75) is 40.3 Å². The standard InChI is InChI=1S/C20H35N3O3.HI/c1-7-21-19(23-15-18(25-6)20(2,3)4)22-14-16-8-10-17(11-9-16)26-13-12-24-5;/h8-11,18H,7,12-15H2,1-6H3,(H2,21,22,23);1H. The Morgan fingerprint density at radius 2 is 1.74 bits per heavy atom. The molecule has 0 aliphatic carbocycles. The van der Waals surface area contributed by atoms with E-state index in [1.165, 1.54) is 0 Å². The van der Waals surface area contributed by atoms with Crippen LogP contribution in [0.5, 0.6) is 5.75 Å². The Kier molecular flexibility index (Phi) is 13.5. The van der Waals surface area contributed by atoms with Crippen LogP contribution in [-0.2, 0) is 16.0 Å². The highest BCUT2D eigenvalue weighted by molar-refractivity contribution is 14.0. The van der Waals surface area contributed by atoms with Gasteiger partial charge in [0.05, 0.1) is 19.3 Å². The van der Waals surface area contributed by atoms with Gasteiger partial charge in [0.25, 0.3) is 0 Å². The van der Waals surface area contributed by atoms with Gasteiger partial charge in [-0.15, -0.1) is 24.0 Å². The Labute approximate surface area is 181 Å². The van der Waals surface area contributed by atoms with Gasteiger partial charge in [-0.1, -0.05) is 32.9 Å². The fraction of sp³-hybridized carbons (Fsp3) is 0.650. The van der Waals surface area contributed by atoms with Crippen molar-refractivity contribution < 1.29 is 14.2 Å². The summed E-state index contributed by atoms with van der Waals surface area (Å²) in [6.07, 6.45) is 0.106. The normalized spacial score (nSPS) is 12.9. The van der Waals surface area contributed by atoms with Gasteiger partial charge < -0.3 is 24.8 Å². The number of nitrogens with zero attached hydrogens (tertiary/aromatic N) is 1. The topological polar surface area (TPSA) is 64.1 Å². The number of methoxy groups -OCH3 is 2. The summed E-state index contributed by atoms with van der Waals surface area (Å²) >= 11 is 0. The van der Waals surface area contributed by atoms with Crippen LogP contribution in [-0.4, -0.2) is 52.6 Å². The van der Waals surface area contributed by atoms with E-state index in [-0.39, 0.29) is 35.5 Å². The number of halogens is 1. The molecular formula is C20H36IN3O3. The highest BCUT2D eigenvalue weighted by Crippen LogP contribution is 2.20. The number of benzene rings is 1. The summed E-state index contributed by atoms with van der Waals surface area (Å²) in [5, 5.41) is 6.64. The molecule has 0 radical (unpaired) electrons. The molecule has 0 heterocycles. The summed E-state index contributed by atoms with van der Waals surface area (Å²) in [4.78, 5) is 4.66. The summed E-state index contributed by atoms with van der Waals surface area (Å²) in [5.74, 6) is 1.63. The average Bonchev–Trinajstić information content (AvgIpc) is 2.60.